The molecule has 13 heavy (non-hydrogen) atoms. The van der Waals surface area contributed by atoms with Gasteiger partial charge in [0.05, 0.1) is 5.69 Å². The summed E-state index contributed by atoms with van der Waals surface area (Å²) in [6.45, 7) is 0.588. The largest absolute Gasteiger partial charge is 0.325 e. The molecule has 1 atom stereocenters. The van der Waals surface area contributed by atoms with Crippen molar-refractivity contribution < 1.29 is 0 Å². The molecular formula is C9H14N2S2. The number of thiazole rings is 1. The van der Waals surface area contributed by atoms with Crippen LogP contribution in [0.5, 0.6) is 0 Å². The van der Waals surface area contributed by atoms with Crippen molar-refractivity contribution >= 4 is 23.1 Å². The van der Waals surface area contributed by atoms with Gasteiger partial charge in [-0.25, -0.2) is 4.98 Å². The summed E-state index contributed by atoms with van der Waals surface area (Å²) in [6.07, 6.45) is 2.64. The molecule has 1 aliphatic rings. The Bertz CT molecular complexity index is 266. The van der Waals surface area contributed by atoms with Crippen LogP contribution in [0.3, 0.4) is 0 Å². The number of nitrogens with zero attached hydrogens (tertiary/aromatic N) is 1. The first kappa shape index (κ1) is 9.49. The summed E-state index contributed by atoms with van der Waals surface area (Å²) < 4.78 is 0. The Kier molecular flexibility index (Phi) is 3.24. The fourth-order valence-corrected chi connectivity index (χ4v) is 3.50. The SMILES string of the molecule is NCc1nc(C2CCCSC2)cs1. The van der Waals surface area contributed by atoms with E-state index in [2.05, 4.69) is 10.4 Å². The van der Waals surface area contributed by atoms with Crippen LogP contribution in [-0.2, 0) is 6.54 Å². The van der Waals surface area contributed by atoms with Gasteiger partial charge in [0, 0.05) is 23.6 Å². The highest BCUT2D eigenvalue weighted by molar-refractivity contribution is 7.99. The van der Waals surface area contributed by atoms with Gasteiger partial charge in [-0.3, -0.25) is 0 Å². The van der Waals surface area contributed by atoms with Crippen molar-refractivity contribution in [3.63, 3.8) is 0 Å². The van der Waals surface area contributed by atoms with Crippen molar-refractivity contribution in [2.24, 2.45) is 5.73 Å². The molecular weight excluding hydrogens is 200 g/mol. The molecule has 0 spiro atoms. The lowest BCUT2D eigenvalue weighted by molar-refractivity contribution is 0.644. The second kappa shape index (κ2) is 4.44. The van der Waals surface area contributed by atoms with Gasteiger partial charge in [-0.15, -0.1) is 11.3 Å². The van der Waals surface area contributed by atoms with Gasteiger partial charge in [-0.05, 0) is 18.6 Å². The van der Waals surface area contributed by atoms with E-state index < -0.39 is 0 Å². The van der Waals surface area contributed by atoms with Crippen LogP contribution >= 0.6 is 23.1 Å². The van der Waals surface area contributed by atoms with E-state index in [-0.39, 0.29) is 0 Å². The van der Waals surface area contributed by atoms with Crippen molar-refractivity contribution in [2.75, 3.05) is 11.5 Å². The Morgan fingerprint density at radius 2 is 2.54 bits per heavy atom. The zero-order valence-corrected chi connectivity index (χ0v) is 9.16. The molecule has 0 radical (unpaired) electrons. The van der Waals surface area contributed by atoms with E-state index in [1.165, 1.54) is 30.0 Å². The van der Waals surface area contributed by atoms with Crippen molar-refractivity contribution in [3.05, 3.63) is 16.1 Å². The minimum atomic E-state index is 0.588. The van der Waals surface area contributed by atoms with Gasteiger partial charge in [0.2, 0.25) is 0 Å². The van der Waals surface area contributed by atoms with Crippen LogP contribution < -0.4 is 5.73 Å². The van der Waals surface area contributed by atoms with Crippen LogP contribution in [0.4, 0.5) is 0 Å². The van der Waals surface area contributed by atoms with E-state index >= 15 is 0 Å². The first-order valence-corrected chi connectivity index (χ1v) is 6.65. The Morgan fingerprint density at radius 3 is 3.15 bits per heavy atom. The molecule has 2 heterocycles. The second-order valence-electron chi connectivity index (χ2n) is 3.28. The van der Waals surface area contributed by atoms with Gasteiger partial charge in [-0.1, -0.05) is 0 Å². The van der Waals surface area contributed by atoms with Crippen LogP contribution in [-0.4, -0.2) is 16.5 Å². The molecule has 0 bridgehead atoms. The minimum absolute atomic E-state index is 0.588. The molecule has 72 valence electrons. The summed E-state index contributed by atoms with van der Waals surface area (Å²) in [5.74, 6) is 3.26. The quantitative estimate of drug-likeness (QED) is 0.820. The maximum atomic E-state index is 5.54. The molecule has 1 saturated heterocycles. The van der Waals surface area contributed by atoms with Crippen LogP contribution in [0.25, 0.3) is 0 Å². The fraction of sp³-hybridized carbons (Fsp3) is 0.667. The predicted molar refractivity (Wildman–Crippen MR) is 59.3 cm³/mol. The average Bonchev–Trinajstić information content (AvgIpc) is 2.67. The van der Waals surface area contributed by atoms with Gasteiger partial charge in [0.25, 0.3) is 0 Å². The maximum Gasteiger partial charge on any atom is 0.106 e. The van der Waals surface area contributed by atoms with Gasteiger partial charge < -0.3 is 5.73 Å². The van der Waals surface area contributed by atoms with Gasteiger partial charge in [0.1, 0.15) is 5.01 Å². The van der Waals surface area contributed by atoms with E-state index in [1.54, 1.807) is 11.3 Å². The number of hydrogen-bond donors (Lipinski definition) is 1. The standard InChI is InChI=1S/C9H14N2S2/c10-4-9-11-8(6-13-9)7-2-1-3-12-5-7/h6-7H,1-5,10H2. The minimum Gasteiger partial charge on any atom is -0.325 e. The number of nitrogens with two attached hydrogens (primary N) is 1. The molecule has 1 aromatic heterocycles. The summed E-state index contributed by atoms with van der Waals surface area (Å²) >= 11 is 3.75. The van der Waals surface area contributed by atoms with Crippen molar-refractivity contribution in [1.82, 2.24) is 4.98 Å². The van der Waals surface area contributed by atoms with Crippen LogP contribution in [0.2, 0.25) is 0 Å². The van der Waals surface area contributed by atoms with Crippen molar-refractivity contribution in [1.29, 1.82) is 0 Å². The molecule has 0 aromatic carbocycles. The molecule has 2 rings (SSSR count). The van der Waals surface area contributed by atoms with E-state index in [9.17, 15) is 0 Å². The van der Waals surface area contributed by atoms with Gasteiger partial charge >= 0.3 is 0 Å². The fourth-order valence-electron chi connectivity index (χ4n) is 1.58. The summed E-state index contributed by atoms with van der Waals surface area (Å²) in [4.78, 5) is 4.53. The lowest BCUT2D eigenvalue weighted by atomic mass is 10.0. The third-order valence-electron chi connectivity index (χ3n) is 2.32. The van der Waals surface area contributed by atoms with E-state index in [1.807, 2.05) is 11.8 Å². The summed E-state index contributed by atoms with van der Waals surface area (Å²) in [5, 5.41) is 3.25. The second-order valence-corrected chi connectivity index (χ2v) is 5.38. The van der Waals surface area contributed by atoms with E-state index in [0.717, 1.165) is 5.01 Å². The summed E-state index contributed by atoms with van der Waals surface area (Å²) in [7, 11) is 0. The lowest BCUT2D eigenvalue weighted by Gasteiger charge is -2.18. The number of aromatic nitrogens is 1. The molecule has 2 nitrogen and oxygen atoms in total. The van der Waals surface area contributed by atoms with Gasteiger partial charge in [0.15, 0.2) is 0 Å². The lowest BCUT2D eigenvalue weighted by Crippen LogP contribution is -2.09. The van der Waals surface area contributed by atoms with E-state index in [4.69, 9.17) is 5.73 Å². The van der Waals surface area contributed by atoms with Crippen LogP contribution in [0.15, 0.2) is 5.38 Å². The molecule has 0 amide bonds. The molecule has 1 aliphatic heterocycles. The Labute approximate surface area is 86.9 Å². The Morgan fingerprint density at radius 1 is 1.62 bits per heavy atom. The first-order valence-electron chi connectivity index (χ1n) is 4.62. The van der Waals surface area contributed by atoms with Crippen LogP contribution in [0.1, 0.15) is 29.5 Å². The molecule has 0 saturated carbocycles. The van der Waals surface area contributed by atoms with Gasteiger partial charge in [-0.2, -0.15) is 11.8 Å². The molecule has 1 aromatic rings. The third kappa shape index (κ3) is 2.24. The Balaban J connectivity index is 2.05. The average molecular weight is 214 g/mol. The smallest absolute Gasteiger partial charge is 0.106 e. The van der Waals surface area contributed by atoms with E-state index in [0.29, 0.717) is 12.5 Å². The molecule has 1 unspecified atom stereocenters. The topological polar surface area (TPSA) is 38.9 Å². The summed E-state index contributed by atoms with van der Waals surface area (Å²) in [6, 6.07) is 0. The monoisotopic (exact) mass is 214 g/mol. The number of rotatable bonds is 2. The maximum absolute atomic E-state index is 5.54. The molecule has 4 heteroatoms. The zero-order chi connectivity index (χ0) is 9.10. The van der Waals surface area contributed by atoms with Crippen molar-refractivity contribution in [3.8, 4) is 0 Å². The highest BCUT2D eigenvalue weighted by Gasteiger charge is 2.18. The highest BCUT2D eigenvalue weighted by atomic mass is 32.2. The Hall–Kier alpha value is -0.0600. The molecule has 2 N–H and O–H groups in total. The first-order chi connectivity index (χ1) is 6.40. The van der Waals surface area contributed by atoms with Crippen molar-refractivity contribution in [2.45, 2.75) is 25.3 Å². The normalized spacial score (nSPS) is 23.3. The third-order valence-corrected chi connectivity index (χ3v) is 4.43. The van der Waals surface area contributed by atoms with Crippen LogP contribution in [0, 0.1) is 0 Å². The molecule has 1 fully saturated rings. The number of thioether (sulfide) groups is 1. The molecule has 0 aliphatic carbocycles. The predicted octanol–water partition coefficient (Wildman–Crippen LogP) is 2.21. The summed E-state index contributed by atoms with van der Waals surface area (Å²) in [5.41, 5.74) is 6.81. The highest BCUT2D eigenvalue weighted by Crippen LogP contribution is 2.31. The zero-order valence-electron chi connectivity index (χ0n) is 7.53. The number of hydrogen-bond acceptors (Lipinski definition) is 4.